The van der Waals surface area contributed by atoms with E-state index in [4.69, 9.17) is 4.52 Å². The van der Waals surface area contributed by atoms with E-state index in [-0.39, 0.29) is 6.10 Å². The maximum absolute atomic E-state index is 9.65. The third-order valence-electron chi connectivity index (χ3n) is 4.77. The first-order valence-corrected chi connectivity index (χ1v) is 7.65. The fourth-order valence-corrected chi connectivity index (χ4v) is 3.63. The minimum Gasteiger partial charge on any atom is -0.393 e. The summed E-state index contributed by atoms with van der Waals surface area (Å²) in [6.07, 6.45) is 12.1. The summed E-state index contributed by atoms with van der Waals surface area (Å²) in [5.41, 5.74) is 3.38. The van der Waals surface area contributed by atoms with Gasteiger partial charge in [-0.2, -0.15) is 0 Å². The van der Waals surface area contributed by atoms with Crippen molar-refractivity contribution in [1.29, 1.82) is 0 Å². The zero-order chi connectivity index (χ0) is 14.1. The third-order valence-corrected chi connectivity index (χ3v) is 4.77. The summed E-state index contributed by atoms with van der Waals surface area (Å²) >= 11 is 0. The molecule has 20 heavy (non-hydrogen) atoms. The van der Waals surface area contributed by atoms with Crippen molar-refractivity contribution >= 4 is 5.57 Å². The van der Waals surface area contributed by atoms with E-state index in [1.54, 1.807) is 0 Å². The first-order valence-electron chi connectivity index (χ1n) is 7.65. The summed E-state index contributed by atoms with van der Waals surface area (Å²) in [7, 11) is 0. The van der Waals surface area contributed by atoms with E-state index in [2.05, 4.69) is 23.4 Å². The number of aliphatic hydroxyl groups excluding tert-OH is 1. The molecule has 0 amide bonds. The molecule has 3 nitrogen and oxygen atoms in total. The van der Waals surface area contributed by atoms with Gasteiger partial charge in [-0.05, 0) is 63.4 Å². The van der Waals surface area contributed by atoms with Gasteiger partial charge in [0.2, 0.25) is 0 Å². The van der Waals surface area contributed by atoms with E-state index >= 15 is 0 Å². The minimum atomic E-state index is -0.0728. The SMILES string of the molecule is Cc1noc(C)c1C1=CC(C2CCC(O)CC2)CC=C1. The number of aromatic nitrogens is 1. The van der Waals surface area contributed by atoms with Crippen LogP contribution in [0.2, 0.25) is 0 Å². The molecule has 3 heteroatoms. The van der Waals surface area contributed by atoms with Crippen molar-refractivity contribution < 1.29 is 9.63 Å². The molecule has 1 unspecified atom stereocenters. The minimum absolute atomic E-state index is 0.0728. The van der Waals surface area contributed by atoms with E-state index in [9.17, 15) is 5.11 Å². The molecule has 0 saturated heterocycles. The molecule has 0 bridgehead atoms. The van der Waals surface area contributed by atoms with Gasteiger partial charge in [-0.25, -0.2) is 0 Å². The van der Waals surface area contributed by atoms with Crippen molar-refractivity contribution in [1.82, 2.24) is 5.16 Å². The highest BCUT2D eigenvalue weighted by Gasteiger charge is 2.27. The Hall–Kier alpha value is -1.35. The van der Waals surface area contributed by atoms with Crippen LogP contribution in [0.5, 0.6) is 0 Å². The highest BCUT2D eigenvalue weighted by Crippen LogP contribution is 2.37. The molecule has 0 aromatic carbocycles. The molecule has 1 heterocycles. The molecule has 2 aliphatic carbocycles. The van der Waals surface area contributed by atoms with Crippen LogP contribution < -0.4 is 0 Å². The average Bonchev–Trinajstić information content (AvgIpc) is 2.79. The van der Waals surface area contributed by atoms with Gasteiger partial charge in [0.25, 0.3) is 0 Å². The average molecular weight is 273 g/mol. The van der Waals surface area contributed by atoms with Crippen molar-refractivity contribution in [3.8, 4) is 0 Å². The maximum Gasteiger partial charge on any atom is 0.141 e. The van der Waals surface area contributed by atoms with Crippen molar-refractivity contribution in [3.05, 3.63) is 35.2 Å². The summed E-state index contributed by atoms with van der Waals surface area (Å²) in [5, 5.41) is 13.7. The Morgan fingerprint density at radius 3 is 2.60 bits per heavy atom. The molecule has 1 N–H and O–H groups in total. The number of allylic oxidation sites excluding steroid dienone is 4. The molecule has 0 aliphatic heterocycles. The Bertz CT molecular complexity index is 514. The van der Waals surface area contributed by atoms with Crippen molar-refractivity contribution in [2.75, 3.05) is 0 Å². The van der Waals surface area contributed by atoms with Crippen LogP contribution >= 0.6 is 0 Å². The highest BCUT2D eigenvalue weighted by atomic mass is 16.5. The number of hydrogen-bond acceptors (Lipinski definition) is 3. The van der Waals surface area contributed by atoms with E-state index in [0.717, 1.165) is 49.1 Å². The molecule has 2 aliphatic rings. The lowest BCUT2D eigenvalue weighted by molar-refractivity contribution is 0.0978. The monoisotopic (exact) mass is 273 g/mol. The van der Waals surface area contributed by atoms with Crippen LogP contribution in [0.15, 0.2) is 22.8 Å². The fourth-order valence-electron chi connectivity index (χ4n) is 3.63. The molecule has 3 rings (SSSR count). The van der Waals surface area contributed by atoms with Crippen LogP contribution in [-0.2, 0) is 0 Å². The molecule has 0 spiro atoms. The first kappa shape index (κ1) is 13.6. The Morgan fingerprint density at radius 2 is 1.95 bits per heavy atom. The molecule has 0 radical (unpaired) electrons. The van der Waals surface area contributed by atoms with Crippen LogP contribution in [0, 0.1) is 25.7 Å². The fraction of sp³-hybridized carbons (Fsp3) is 0.588. The van der Waals surface area contributed by atoms with Crippen molar-refractivity contribution in [2.24, 2.45) is 11.8 Å². The molecular formula is C17H23NO2. The zero-order valence-corrected chi connectivity index (χ0v) is 12.3. The van der Waals surface area contributed by atoms with Crippen LogP contribution in [0.25, 0.3) is 5.57 Å². The van der Waals surface area contributed by atoms with Gasteiger partial charge in [-0.1, -0.05) is 23.4 Å². The van der Waals surface area contributed by atoms with Gasteiger partial charge in [-0.15, -0.1) is 0 Å². The van der Waals surface area contributed by atoms with E-state index in [1.165, 1.54) is 5.57 Å². The van der Waals surface area contributed by atoms with Crippen LogP contribution in [0.4, 0.5) is 0 Å². The molecule has 1 fully saturated rings. The summed E-state index contributed by atoms with van der Waals surface area (Å²) < 4.78 is 5.29. The largest absolute Gasteiger partial charge is 0.393 e. The molecular weight excluding hydrogens is 250 g/mol. The number of hydrogen-bond donors (Lipinski definition) is 1. The second kappa shape index (κ2) is 5.57. The Kier molecular flexibility index (Phi) is 3.79. The lowest BCUT2D eigenvalue weighted by Gasteiger charge is -2.31. The zero-order valence-electron chi connectivity index (χ0n) is 12.3. The number of aryl methyl sites for hydroxylation is 2. The van der Waals surface area contributed by atoms with E-state index in [0.29, 0.717) is 11.8 Å². The smallest absolute Gasteiger partial charge is 0.141 e. The second-order valence-electron chi connectivity index (χ2n) is 6.19. The quantitative estimate of drug-likeness (QED) is 0.891. The molecule has 108 valence electrons. The second-order valence-corrected chi connectivity index (χ2v) is 6.19. The number of nitrogens with zero attached hydrogens (tertiary/aromatic N) is 1. The normalized spacial score (nSPS) is 30.4. The van der Waals surface area contributed by atoms with E-state index < -0.39 is 0 Å². The summed E-state index contributed by atoms with van der Waals surface area (Å²) in [4.78, 5) is 0. The Labute approximate surface area is 120 Å². The van der Waals surface area contributed by atoms with Crippen LogP contribution in [-0.4, -0.2) is 16.4 Å². The van der Waals surface area contributed by atoms with Crippen molar-refractivity contribution in [3.63, 3.8) is 0 Å². The van der Waals surface area contributed by atoms with Gasteiger partial charge in [0.1, 0.15) is 5.76 Å². The van der Waals surface area contributed by atoms with Crippen LogP contribution in [0.3, 0.4) is 0 Å². The molecule has 1 saturated carbocycles. The van der Waals surface area contributed by atoms with Gasteiger partial charge in [0, 0.05) is 5.56 Å². The number of rotatable bonds is 2. The topological polar surface area (TPSA) is 46.3 Å². The van der Waals surface area contributed by atoms with Gasteiger partial charge in [-0.3, -0.25) is 0 Å². The summed E-state index contributed by atoms with van der Waals surface area (Å²) in [6, 6.07) is 0. The van der Waals surface area contributed by atoms with Gasteiger partial charge < -0.3 is 9.63 Å². The first-order chi connectivity index (χ1) is 9.65. The lowest BCUT2D eigenvalue weighted by Crippen LogP contribution is -2.23. The standard InChI is InChI=1S/C17H23NO2/c1-11-17(12(2)20-18-11)15-5-3-4-14(10-15)13-6-8-16(19)9-7-13/h3,5,10,13-14,16,19H,4,6-9H2,1-2H3. The Balaban J connectivity index is 1.81. The van der Waals surface area contributed by atoms with Crippen LogP contribution in [0.1, 0.15) is 49.1 Å². The molecule has 1 aromatic rings. The highest BCUT2D eigenvalue weighted by molar-refractivity contribution is 5.77. The van der Waals surface area contributed by atoms with Gasteiger partial charge in [0.05, 0.1) is 11.8 Å². The van der Waals surface area contributed by atoms with Gasteiger partial charge in [0.15, 0.2) is 0 Å². The Morgan fingerprint density at radius 1 is 1.20 bits per heavy atom. The van der Waals surface area contributed by atoms with Gasteiger partial charge >= 0.3 is 0 Å². The lowest BCUT2D eigenvalue weighted by atomic mass is 9.75. The molecule has 1 aromatic heterocycles. The van der Waals surface area contributed by atoms with E-state index in [1.807, 2.05) is 13.8 Å². The number of aliphatic hydroxyl groups is 1. The van der Waals surface area contributed by atoms with Crippen molar-refractivity contribution in [2.45, 2.75) is 52.1 Å². The summed E-state index contributed by atoms with van der Waals surface area (Å²) in [5.74, 6) is 2.20. The predicted octanol–water partition coefficient (Wildman–Crippen LogP) is 3.80. The molecule has 1 atom stereocenters. The predicted molar refractivity (Wildman–Crippen MR) is 79.2 cm³/mol. The summed E-state index contributed by atoms with van der Waals surface area (Å²) in [6.45, 7) is 3.98. The third kappa shape index (κ3) is 2.59. The maximum atomic E-state index is 9.65.